The number of nitrogens with one attached hydrogen (secondary N) is 1. The van der Waals surface area contributed by atoms with Crippen molar-refractivity contribution in [2.24, 2.45) is 0 Å². The van der Waals surface area contributed by atoms with Crippen molar-refractivity contribution in [1.29, 1.82) is 0 Å². The fraction of sp³-hybridized carbons (Fsp3) is 0.0417. The van der Waals surface area contributed by atoms with Crippen molar-refractivity contribution in [3.8, 4) is 11.5 Å². The Morgan fingerprint density at radius 1 is 0.897 bits per heavy atom. The molecule has 2 aromatic heterocycles. The molecule has 5 nitrogen and oxygen atoms in total. The third-order valence-electron chi connectivity index (χ3n) is 4.83. The van der Waals surface area contributed by atoms with Crippen LogP contribution in [0.15, 0.2) is 89.5 Å². The molecule has 5 aromatic rings. The fourth-order valence-corrected chi connectivity index (χ4v) is 3.27. The highest BCUT2D eigenvalue weighted by Crippen LogP contribution is 2.23. The molecule has 5 heteroatoms. The van der Waals surface area contributed by atoms with Gasteiger partial charge in [0.2, 0.25) is 5.89 Å². The molecule has 0 bridgehead atoms. The Bertz CT molecular complexity index is 1290. The third kappa shape index (κ3) is 3.46. The van der Waals surface area contributed by atoms with Gasteiger partial charge in [-0.15, -0.1) is 0 Å². The van der Waals surface area contributed by atoms with E-state index in [9.17, 15) is 4.79 Å². The maximum Gasteiger partial charge on any atom is 0.251 e. The van der Waals surface area contributed by atoms with Crippen LogP contribution in [0.3, 0.4) is 0 Å². The standard InChI is InChI=1S/C24H17N3O2/c28-23(20-12-11-17-4-1-2-5-19(17)14-20)26-15-16-7-9-18(10-8-16)24-27-22-21(29-24)6-3-13-25-22/h1-14H,15H2,(H,26,28). The second-order valence-corrected chi connectivity index (χ2v) is 6.79. The van der Waals surface area contributed by atoms with Gasteiger partial charge in [-0.05, 0) is 52.7 Å². The maximum absolute atomic E-state index is 12.5. The minimum absolute atomic E-state index is 0.0927. The average molecular weight is 379 g/mol. The molecule has 5 rings (SSSR count). The molecule has 0 radical (unpaired) electrons. The lowest BCUT2D eigenvalue weighted by Crippen LogP contribution is -2.22. The van der Waals surface area contributed by atoms with Gasteiger partial charge in [0, 0.05) is 23.9 Å². The summed E-state index contributed by atoms with van der Waals surface area (Å²) >= 11 is 0. The Balaban J connectivity index is 1.28. The predicted octanol–water partition coefficient (Wildman–Crippen LogP) is 4.97. The lowest BCUT2D eigenvalue weighted by molar-refractivity contribution is 0.0951. The number of fused-ring (bicyclic) bond motifs is 2. The predicted molar refractivity (Wildman–Crippen MR) is 112 cm³/mol. The molecule has 0 aliphatic heterocycles. The largest absolute Gasteiger partial charge is 0.434 e. The molecular weight excluding hydrogens is 362 g/mol. The van der Waals surface area contributed by atoms with E-state index in [-0.39, 0.29) is 5.91 Å². The molecule has 29 heavy (non-hydrogen) atoms. The number of pyridine rings is 1. The first-order chi connectivity index (χ1) is 14.3. The summed E-state index contributed by atoms with van der Waals surface area (Å²) in [6.45, 7) is 0.445. The molecule has 0 aliphatic carbocycles. The van der Waals surface area contributed by atoms with Crippen LogP contribution in [0.1, 0.15) is 15.9 Å². The zero-order valence-electron chi connectivity index (χ0n) is 15.5. The smallest absolute Gasteiger partial charge is 0.251 e. The molecule has 0 aliphatic rings. The fourth-order valence-electron chi connectivity index (χ4n) is 3.27. The van der Waals surface area contributed by atoms with Crippen LogP contribution in [0, 0.1) is 0 Å². The Kier molecular flexibility index (Phi) is 4.26. The molecular formula is C24H17N3O2. The zero-order chi connectivity index (χ0) is 19.6. The third-order valence-corrected chi connectivity index (χ3v) is 4.83. The summed E-state index contributed by atoms with van der Waals surface area (Å²) in [5, 5.41) is 5.15. The molecule has 1 N–H and O–H groups in total. The number of benzene rings is 3. The molecule has 1 amide bonds. The van der Waals surface area contributed by atoms with Crippen LogP contribution in [0.2, 0.25) is 0 Å². The van der Waals surface area contributed by atoms with Crippen LogP contribution in [-0.4, -0.2) is 15.9 Å². The molecule has 2 heterocycles. The summed E-state index contributed by atoms with van der Waals surface area (Å²) in [7, 11) is 0. The zero-order valence-corrected chi connectivity index (χ0v) is 15.5. The summed E-state index contributed by atoms with van der Waals surface area (Å²) in [4.78, 5) is 21.1. The van der Waals surface area contributed by atoms with Crippen molar-refractivity contribution in [3.05, 3.63) is 96.2 Å². The van der Waals surface area contributed by atoms with Gasteiger partial charge in [-0.25, -0.2) is 4.98 Å². The van der Waals surface area contributed by atoms with E-state index in [1.165, 1.54) is 0 Å². The first-order valence-corrected chi connectivity index (χ1v) is 9.34. The van der Waals surface area contributed by atoms with Crippen molar-refractivity contribution in [2.45, 2.75) is 6.54 Å². The second-order valence-electron chi connectivity index (χ2n) is 6.79. The Hall–Kier alpha value is -3.99. The summed E-state index contributed by atoms with van der Waals surface area (Å²) in [6.07, 6.45) is 1.69. The minimum atomic E-state index is -0.0927. The van der Waals surface area contributed by atoms with Crippen LogP contribution in [0.5, 0.6) is 0 Å². The Morgan fingerprint density at radius 2 is 1.72 bits per heavy atom. The molecule has 0 saturated carbocycles. The highest BCUT2D eigenvalue weighted by Gasteiger charge is 2.09. The van der Waals surface area contributed by atoms with E-state index in [2.05, 4.69) is 15.3 Å². The number of hydrogen-bond acceptors (Lipinski definition) is 4. The topological polar surface area (TPSA) is 68.0 Å². The summed E-state index contributed by atoms with van der Waals surface area (Å²) in [6, 6.07) is 25.2. The van der Waals surface area contributed by atoms with Gasteiger partial charge in [0.1, 0.15) is 0 Å². The first-order valence-electron chi connectivity index (χ1n) is 9.34. The van der Waals surface area contributed by atoms with E-state index in [1.807, 2.05) is 78.9 Å². The van der Waals surface area contributed by atoms with E-state index >= 15 is 0 Å². The van der Waals surface area contributed by atoms with Crippen LogP contribution in [-0.2, 0) is 6.54 Å². The van der Waals surface area contributed by atoms with E-state index in [0.29, 0.717) is 29.2 Å². The number of aromatic nitrogens is 2. The Morgan fingerprint density at radius 3 is 2.55 bits per heavy atom. The van der Waals surface area contributed by atoms with Crippen molar-refractivity contribution in [3.63, 3.8) is 0 Å². The molecule has 0 unspecified atom stereocenters. The van der Waals surface area contributed by atoms with E-state index in [0.717, 1.165) is 21.9 Å². The molecule has 0 spiro atoms. The second kappa shape index (κ2) is 7.20. The van der Waals surface area contributed by atoms with E-state index in [1.54, 1.807) is 6.20 Å². The van der Waals surface area contributed by atoms with Crippen LogP contribution < -0.4 is 5.32 Å². The number of nitrogens with zero attached hydrogens (tertiary/aromatic N) is 2. The van der Waals surface area contributed by atoms with Gasteiger partial charge in [0.25, 0.3) is 5.91 Å². The van der Waals surface area contributed by atoms with Crippen LogP contribution in [0.25, 0.3) is 33.5 Å². The average Bonchev–Trinajstić information content (AvgIpc) is 3.22. The monoisotopic (exact) mass is 379 g/mol. The first kappa shape index (κ1) is 17.1. The maximum atomic E-state index is 12.5. The van der Waals surface area contributed by atoms with Gasteiger partial charge in [0.05, 0.1) is 0 Å². The summed E-state index contributed by atoms with van der Waals surface area (Å²) in [5.74, 6) is 0.440. The number of amides is 1. The molecule has 0 fully saturated rings. The molecule has 3 aromatic carbocycles. The Labute approximate surface area is 167 Å². The number of carbonyl (C=O) groups is 1. The van der Waals surface area contributed by atoms with E-state index < -0.39 is 0 Å². The van der Waals surface area contributed by atoms with Gasteiger partial charge in [-0.1, -0.05) is 42.5 Å². The van der Waals surface area contributed by atoms with Crippen molar-refractivity contribution < 1.29 is 9.21 Å². The SMILES string of the molecule is O=C(NCc1ccc(-c2nc3ncccc3o2)cc1)c1ccc2ccccc2c1. The van der Waals surface area contributed by atoms with Gasteiger partial charge in [0.15, 0.2) is 11.2 Å². The normalized spacial score (nSPS) is 11.0. The highest BCUT2D eigenvalue weighted by atomic mass is 16.3. The van der Waals surface area contributed by atoms with Gasteiger partial charge in [-0.3, -0.25) is 4.79 Å². The lowest BCUT2D eigenvalue weighted by Gasteiger charge is -2.07. The lowest BCUT2D eigenvalue weighted by atomic mass is 10.1. The van der Waals surface area contributed by atoms with Crippen LogP contribution in [0.4, 0.5) is 0 Å². The van der Waals surface area contributed by atoms with Gasteiger partial charge in [-0.2, -0.15) is 4.98 Å². The number of oxazole rings is 1. The number of hydrogen-bond donors (Lipinski definition) is 1. The van der Waals surface area contributed by atoms with Crippen LogP contribution >= 0.6 is 0 Å². The van der Waals surface area contributed by atoms with E-state index in [4.69, 9.17) is 4.42 Å². The summed E-state index contributed by atoms with van der Waals surface area (Å²) in [5.41, 5.74) is 3.77. The van der Waals surface area contributed by atoms with Gasteiger partial charge < -0.3 is 9.73 Å². The molecule has 140 valence electrons. The van der Waals surface area contributed by atoms with Gasteiger partial charge >= 0.3 is 0 Å². The van der Waals surface area contributed by atoms with Crippen molar-refractivity contribution >= 4 is 27.9 Å². The van der Waals surface area contributed by atoms with Crippen molar-refractivity contribution in [1.82, 2.24) is 15.3 Å². The van der Waals surface area contributed by atoms with Crippen molar-refractivity contribution in [2.75, 3.05) is 0 Å². The quantitative estimate of drug-likeness (QED) is 0.478. The number of carbonyl (C=O) groups excluding carboxylic acids is 1. The molecule has 0 saturated heterocycles. The molecule has 0 atom stereocenters. The minimum Gasteiger partial charge on any atom is -0.434 e. The number of rotatable bonds is 4. The summed E-state index contributed by atoms with van der Waals surface area (Å²) < 4.78 is 5.74. The highest BCUT2D eigenvalue weighted by molar-refractivity contribution is 5.98.